The molecule has 2 rings (SSSR count). The molecule has 1 N–H and O–H groups in total. The zero-order chi connectivity index (χ0) is 20.9. The number of ether oxygens (including phenoxy) is 1. The van der Waals surface area contributed by atoms with E-state index in [0.29, 0.717) is 23.4 Å². The minimum Gasteiger partial charge on any atom is -0.462 e. The van der Waals surface area contributed by atoms with Crippen molar-refractivity contribution in [3.05, 3.63) is 66.2 Å². The predicted octanol–water partition coefficient (Wildman–Crippen LogP) is 6.07. The number of carbonyl (C=O) groups excluding carboxylic acids is 1. The summed E-state index contributed by atoms with van der Waals surface area (Å²) in [6.07, 6.45) is 4.03. The Labute approximate surface area is 171 Å². The van der Waals surface area contributed by atoms with Gasteiger partial charge in [0, 0.05) is 17.8 Å². The van der Waals surface area contributed by atoms with Gasteiger partial charge >= 0.3 is 5.97 Å². The average molecular weight is 390 g/mol. The molecule has 0 fully saturated rings. The molecule has 0 aliphatic heterocycles. The Morgan fingerprint density at radius 3 is 2.17 bits per heavy atom. The third kappa shape index (κ3) is 8.39. The summed E-state index contributed by atoms with van der Waals surface area (Å²) in [5.41, 5.74) is 3.56. The number of benzene rings is 2. The molecule has 0 bridgehead atoms. The summed E-state index contributed by atoms with van der Waals surface area (Å²) in [7, 11) is 0. The Kier molecular flexibility index (Phi) is 9.10. The number of nitrogens with zero attached hydrogens (tertiary/aromatic N) is 3. The van der Waals surface area contributed by atoms with Gasteiger partial charge in [0.05, 0.1) is 29.6 Å². The highest BCUT2D eigenvalue weighted by atomic mass is 16.5. The smallest absolute Gasteiger partial charge is 0.333 e. The van der Waals surface area contributed by atoms with E-state index in [9.17, 15) is 4.79 Å². The summed E-state index contributed by atoms with van der Waals surface area (Å²) in [6.45, 7) is 6.55. The van der Waals surface area contributed by atoms with Crippen molar-refractivity contribution in [1.29, 1.82) is 5.26 Å². The van der Waals surface area contributed by atoms with Crippen molar-refractivity contribution in [2.75, 3.05) is 18.5 Å². The monoisotopic (exact) mass is 390 g/mol. The van der Waals surface area contributed by atoms with Crippen LogP contribution in [-0.2, 0) is 9.53 Å². The van der Waals surface area contributed by atoms with Gasteiger partial charge in [-0.3, -0.25) is 0 Å². The number of hydrogen-bond acceptors (Lipinski definition) is 6. The number of unbranched alkanes of at least 4 members (excludes halogenated alkanes) is 3. The second kappa shape index (κ2) is 12.1. The maximum atomic E-state index is 11.2. The van der Waals surface area contributed by atoms with Crippen LogP contribution in [-0.4, -0.2) is 19.1 Å². The lowest BCUT2D eigenvalue weighted by Gasteiger charge is -2.07. The zero-order valence-electron chi connectivity index (χ0n) is 16.7. The van der Waals surface area contributed by atoms with Gasteiger partial charge < -0.3 is 10.1 Å². The molecule has 0 atom stereocenters. The summed E-state index contributed by atoms with van der Waals surface area (Å²) in [4.78, 5) is 11.2. The molecule has 0 aliphatic rings. The van der Waals surface area contributed by atoms with E-state index in [2.05, 4.69) is 28.2 Å². The number of hydrogen-bond donors (Lipinski definition) is 1. The van der Waals surface area contributed by atoms with E-state index in [-0.39, 0.29) is 5.97 Å². The molecule has 0 saturated carbocycles. The molecule has 0 heterocycles. The molecule has 2 aromatic carbocycles. The van der Waals surface area contributed by atoms with Gasteiger partial charge in [-0.05, 0) is 74.7 Å². The quantitative estimate of drug-likeness (QED) is 0.218. The summed E-state index contributed by atoms with van der Waals surface area (Å²) in [5, 5.41) is 20.6. The van der Waals surface area contributed by atoms with Crippen molar-refractivity contribution in [2.24, 2.45) is 10.2 Å². The van der Waals surface area contributed by atoms with E-state index in [1.165, 1.54) is 0 Å². The second-order valence-electron chi connectivity index (χ2n) is 6.66. The standard InChI is InChI=1S/C23H26N4O2/c1-18(2)23(28)29-16-6-4-3-5-15-25-20-11-13-22(14-12-20)27-26-21-9-7-19(17-24)8-10-21/h7-14,25H,1,3-6,15-16H2,2H3. The Bertz CT molecular complexity index is 865. The molecular weight excluding hydrogens is 364 g/mol. The molecule has 0 aliphatic carbocycles. The highest BCUT2D eigenvalue weighted by molar-refractivity contribution is 5.86. The van der Waals surface area contributed by atoms with Crippen molar-refractivity contribution in [3.63, 3.8) is 0 Å². The van der Waals surface area contributed by atoms with Crippen molar-refractivity contribution in [1.82, 2.24) is 0 Å². The number of nitrogens with one attached hydrogen (secondary N) is 1. The fraction of sp³-hybridized carbons (Fsp3) is 0.304. The second-order valence-corrected chi connectivity index (χ2v) is 6.66. The normalized spacial score (nSPS) is 10.5. The van der Waals surface area contributed by atoms with Gasteiger partial charge in [-0.25, -0.2) is 4.79 Å². The first kappa shape index (κ1) is 21.8. The van der Waals surface area contributed by atoms with Crippen LogP contribution in [0.2, 0.25) is 0 Å². The lowest BCUT2D eigenvalue weighted by Crippen LogP contribution is -2.06. The number of rotatable bonds is 11. The summed E-state index contributed by atoms with van der Waals surface area (Å²) in [5.74, 6) is -0.313. The van der Waals surface area contributed by atoms with Gasteiger partial charge in [-0.2, -0.15) is 15.5 Å². The maximum Gasteiger partial charge on any atom is 0.333 e. The molecule has 0 saturated heterocycles. The van der Waals surface area contributed by atoms with Crippen molar-refractivity contribution >= 4 is 23.0 Å². The van der Waals surface area contributed by atoms with Crippen molar-refractivity contribution in [3.8, 4) is 6.07 Å². The van der Waals surface area contributed by atoms with Crippen molar-refractivity contribution in [2.45, 2.75) is 32.6 Å². The SMILES string of the molecule is C=C(C)C(=O)OCCCCCCNc1ccc(N=Nc2ccc(C#N)cc2)cc1. The van der Waals surface area contributed by atoms with Gasteiger partial charge in [0.25, 0.3) is 0 Å². The molecule has 0 amide bonds. The summed E-state index contributed by atoms with van der Waals surface area (Å²) < 4.78 is 5.07. The number of esters is 1. The van der Waals surface area contributed by atoms with Crippen LogP contribution in [0, 0.1) is 11.3 Å². The minimum atomic E-state index is -0.313. The van der Waals surface area contributed by atoms with Crippen LogP contribution in [0.15, 0.2) is 70.9 Å². The third-order valence-corrected chi connectivity index (χ3v) is 4.13. The fourth-order valence-electron chi connectivity index (χ4n) is 2.47. The Morgan fingerprint density at radius 1 is 1.00 bits per heavy atom. The number of carbonyl (C=O) groups is 1. The fourth-order valence-corrected chi connectivity index (χ4v) is 2.47. The minimum absolute atomic E-state index is 0.313. The Balaban J connectivity index is 1.62. The molecule has 0 aromatic heterocycles. The molecule has 2 aromatic rings. The van der Waals surface area contributed by atoms with Crippen molar-refractivity contribution < 1.29 is 9.53 Å². The molecule has 29 heavy (non-hydrogen) atoms. The molecule has 0 unspecified atom stereocenters. The first-order chi connectivity index (χ1) is 14.1. The van der Waals surface area contributed by atoms with Gasteiger partial charge in [0.2, 0.25) is 0 Å². The maximum absolute atomic E-state index is 11.2. The Morgan fingerprint density at radius 2 is 1.59 bits per heavy atom. The van der Waals surface area contributed by atoms with E-state index in [4.69, 9.17) is 10.00 Å². The number of azo groups is 1. The Hall–Kier alpha value is -3.46. The van der Waals surface area contributed by atoms with Crippen LogP contribution < -0.4 is 5.32 Å². The van der Waals surface area contributed by atoms with Crippen LogP contribution in [0.1, 0.15) is 38.2 Å². The molecule has 0 radical (unpaired) electrons. The van der Waals surface area contributed by atoms with Gasteiger partial charge in [0.15, 0.2) is 0 Å². The third-order valence-electron chi connectivity index (χ3n) is 4.13. The lowest BCUT2D eigenvalue weighted by molar-refractivity contribution is -0.139. The van der Waals surface area contributed by atoms with E-state index >= 15 is 0 Å². The summed E-state index contributed by atoms with van der Waals surface area (Å²) >= 11 is 0. The van der Waals surface area contributed by atoms with Crippen LogP contribution >= 0.6 is 0 Å². The number of nitriles is 1. The predicted molar refractivity (Wildman–Crippen MR) is 115 cm³/mol. The average Bonchev–Trinajstić information content (AvgIpc) is 2.75. The first-order valence-corrected chi connectivity index (χ1v) is 9.67. The molecule has 6 nitrogen and oxygen atoms in total. The summed E-state index contributed by atoms with van der Waals surface area (Å²) in [6, 6.07) is 16.8. The highest BCUT2D eigenvalue weighted by Gasteiger charge is 2.01. The van der Waals surface area contributed by atoms with Gasteiger partial charge in [-0.1, -0.05) is 13.0 Å². The topological polar surface area (TPSA) is 86.8 Å². The van der Waals surface area contributed by atoms with Crippen LogP contribution in [0.25, 0.3) is 0 Å². The highest BCUT2D eigenvalue weighted by Crippen LogP contribution is 2.20. The van der Waals surface area contributed by atoms with E-state index < -0.39 is 0 Å². The van der Waals surface area contributed by atoms with E-state index in [0.717, 1.165) is 43.6 Å². The molecule has 0 spiro atoms. The van der Waals surface area contributed by atoms with Crippen LogP contribution in [0.3, 0.4) is 0 Å². The van der Waals surface area contributed by atoms with E-state index in [1.54, 1.807) is 31.2 Å². The zero-order valence-corrected chi connectivity index (χ0v) is 16.7. The van der Waals surface area contributed by atoms with Crippen LogP contribution in [0.5, 0.6) is 0 Å². The molecular formula is C23H26N4O2. The van der Waals surface area contributed by atoms with E-state index in [1.807, 2.05) is 24.3 Å². The molecule has 6 heteroatoms. The van der Waals surface area contributed by atoms with Gasteiger partial charge in [-0.15, -0.1) is 0 Å². The first-order valence-electron chi connectivity index (χ1n) is 9.67. The van der Waals surface area contributed by atoms with Gasteiger partial charge in [0.1, 0.15) is 0 Å². The lowest BCUT2D eigenvalue weighted by atomic mass is 10.2. The van der Waals surface area contributed by atoms with Crippen LogP contribution in [0.4, 0.5) is 17.1 Å². The number of anilines is 1. The largest absolute Gasteiger partial charge is 0.462 e. The molecule has 150 valence electrons.